The van der Waals surface area contributed by atoms with Crippen LogP contribution in [0, 0.1) is 17.2 Å². The standard InChI is InChI=1S/C12H23N.C10H9NO4/c1-3-7-11(8-4-1)13-12-9-5-2-6-10-12;11-5-7(10(14)15)3-6-1-2-8(12)4-9(6)13/h11-13H,1-10H2;1-2,4,7,12-13H,3H2,(H,14,15). The molecule has 0 amide bonds. The Morgan fingerprint density at radius 2 is 1.61 bits per heavy atom. The number of phenolic OH excluding ortho intramolecular Hbond substituents is 2. The molecule has 6 nitrogen and oxygen atoms in total. The number of rotatable bonds is 5. The lowest BCUT2D eigenvalue weighted by molar-refractivity contribution is -0.725. The molecule has 28 heavy (non-hydrogen) atoms. The molecule has 6 heteroatoms. The van der Waals surface area contributed by atoms with Crippen molar-refractivity contribution in [2.75, 3.05) is 0 Å². The van der Waals surface area contributed by atoms with E-state index in [2.05, 4.69) is 5.32 Å². The summed E-state index contributed by atoms with van der Waals surface area (Å²) >= 11 is 0. The first kappa shape index (κ1) is 22.0. The molecule has 0 radical (unpaired) electrons. The van der Waals surface area contributed by atoms with Gasteiger partial charge in [-0.1, -0.05) is 18.9 Å². The monoisotopic (exact) mass is 388 g/mol. The SMILES string of the molecule is C1CCC([NH2+]C2CCCCC2)CC1.N#CC(Cc1ccc(O)cc1O)C(=O)[O-]. The lowest BCUT2D eigenvalue weighted by atomic mass is 9.91. The third-order valence-corrected chi connectivity index (χ3v) is 5.78. The van der Waals surface area contributed by atoms with E-state index in [-0.39, 0.29) is 23.5 Å². The van der Waals surface area contributed by atoms with Crippen LogP contribution >= 0.6 is 0 Å². The second kappa shape index (κ2) is 11.6. The Labute approximate surface area is 167 Å². The minimum atomic E-state index is -1.48. The van der Waals surface area contributed by atoms with Gasteiger partial charge >= 0.3 is 0 Å². The molecule has 1 aromatic rings. The van der Waals surface area contributed by atoms with Crippen molar-refractivity contribution < 1.29 is 25.4 Å². The highest BCUT2D eigenvalue weighted by atomic mass is 16.4. The van der Waals surface area contributed by atoms with Crippen LogP contribution in [0.5, 0.6) is 11.5 Å². The summed E-state index contributed by atoms with van der Waals surface area (Å²) in [5.41, 5.74) is 0.281. The fourth-order valence-electron chi connectivity index (χ4n) is 4.16. The number of nitrogens with two attached hydrogens (primary N) is 1. The number of benzene rings is 1. The number of aliphatic carboxylic acids is 1. The molecule has 3 rings (SSSR count). The van der Waals surface area contributed by atoms with E-state index in [4.69, 9.17) is 10.4 Å². The van der Waals surface area contributed by atoms with E-state index in [9.17, 15) is 15.0 Å². The molecule has 2 fully saturated rings. The second-order valence-corrected chi connectivity index (χ2v) is 8.01. The smallest absolute Gasteiger partial charge is 0.122 e. The Hall–Kier alpha value is -2.26. The largest absolute Gasteiger partial charge is 0.549 e. The minimum Gasteiger partial charge on any atom is -0.549 e. The van der Waals surface area contributed by atoms with Gasteiger partial charge in [-0.3, -0.25) is 0 Å². The van der Waals surface area contributed by atoms with Gasteiger partial charge < -0.3 is 25.4 Å². The molecule has 0 saturated heterocycles. The van der Waals surface area contributed by atoms with Crippen molar-refractivity contribution in [3.05, 3.63) is 23.8 Å². The zero-order chi connectivity index (χ0) is 20.4. The van der Waals surface area contributed by atoms with Gasteiger partial charge in [0.2, 0.25) is 0 Å². The summed E-state index contributed by atoms with van der Waals surface area (Å²) in [5, 5.41) is 40.0. The maximum absolute atomic E-state index is 10.4. The van der Waals surface area contributed by atoms with Crippen LogP contribution in [-0.2, 0) is 11.2 Å². The fourth-order valence-corrected chi connectivity index (χ4v) is 4.16. The summed E-state index contributed by atoms with van der Waals surface area (Å²) < 4.78 is 0. The molecule has 0 aromatic heterocycles. The molecule has 154 valence electrons. The van der Waals surface area contributed by atoms with E-state index in [1.165, 1.54) is 76.3 Å². The van der Waals surface area contributed by atoms with Crippen molar-refractivity contribution >= 4 is 5.97 Å². The molecule has 4 N–H and O–H groups in total. The number of nitriles is 1. The van der Waals surface area contributed by atoms with Crippen LogP contribution in [0.1, 0.15) is 69.8 Å². The van der Waals surface area contributed by atoms with Crippen LogP contribution in [-0.4, -0.2) is 28.3 Å². The van der Waals surface area contributed by atoms with Gasteiger partial charge in [-0.05, 0) is 69.4 Å². The summed E-state index contributed by atoms with van der Waals surface area (Å²) in [6.07, 6.45) is 14.8. The number of carbonyl (C=O) groups is 1. The highest BCUT2D eigenvalue weighted by Crippen LogP contribution is 2.24. The molecule has 1 atom stereocenters. The number of phenols is 2. The molecule has 0 aliphatic heterocycles. The van der Waals surface area contributed by atoms with E-state index in [0.717, 1.165) is 18.2 Å². The number of carboxylic acids is 1. The normalized spacial score (nSPS) is 19.1. The van der Waals surface area contributed by atoms with Gasteiger partial charge in [0.05, 0.1) is 30.0 Å². The van der Waals surface area contributed by atoms with Gasteiger partial charge in [-0.25, -0.2) is 0 Å². The number of quaternary nitrogens is 1. The van der Waals surface area contributed by atoms with Crippen molar-refractivity contribution in [1.29, 1.82) is 5.26 Å². The average Bonchev–Trinajstić information content (AvgIpc) is 2.69. The summed E-state index contributed by atoms with van der Waals surface area (Å²) in [7, 11) is 0. The number of hydrogen-bond acceptors (Lipinski definition) is 5. The zero-order valence-electron chi connectivity index (χ0n) is 16.5. The molecule has 2 aliphatic carbocycles. The fraction of sp³-hybridized carbons (Fsp3) is 0.636. The third-order valence-electron chi connectivity index (χ3n) is 5.78. The van der Waals surface area contributed by atoms with E-state index < -0.39 is 11.9 Å². The second-order valence-electron chi connectivity index (χ2n) is 8.01. The molecular formula is C22H32N2O4. The van der Waals surface area contributed by atoms with Gasteiger partial charge in [0.15, 0.2) is 0 Å². The first-order valence-electron chi connectivity index (χ1n) is 10.5. The Morgan fingerprint density at radius 3 is 2.04 bits per heavy atom. The minimum absolute atomic E-state index is 0.127. The highest BCUT2D eigenvalue weighted by molar-refractivity contribution is 5.71. The van der Waals surface area contributed by atoms with E-state index >= 15 is 0 Å². The maximum atomic E-state index is 10.4. The van der Waals surface area contributed by atoms with Crippen LogP contribution < -0.4 is 10.4 Å². The first-order valence-corrected chi connectivity index (χ1v) is 10.5. The Kier molecular flexibility index (Phi) is 9.09. The molecule has 2 saturated carbocycles. The van der Waals surface area contributed by atoms with Gasteiger partial charge in [0, 0.05) is 6.07 Å². The van der Waals surface area contributed by atoms with E-state index in [0.29, 0.717) is 0 Å². The maximum Gasteiger partial charge on any atom is 0.122 e. The van der Waals surface area contributed by atoms with Crippen molar-refractivity contribution in [3.8, 4) is 17.6 Å². The predicted molar refractivity (Wildman–Crippen MR) is 103 cm³/mol. The van der Waals surface area contributed by atoms with E-state index in [1.54, 1.807) is 6.07 Å². The third kappa shape index (κ3) is 7.40. The predicted octanol–water partition coefficient (Wildman–Crippen LogP) is 1.75. The summed E-state index contributed by atoms with van der Waals surface area (Å²) in [5.74, 6) is -3.15. The zero-order valence-corrected chi connectivity index (χ0v) is 16.5. The van der Waals surface area contributed by atoms with Gasteiger partial charge in [0.25, 0.3) is 0 Å². The van der Waals surface area contributed by atoms with Crippen LogP contribution in [0.2, 0.25) is 0 Å². The molecule has 1 aromatic carbocycles. The van der Waals surface area contributed by atoms with Gasteiger partial charge in [-0.15, -0.1) is 0 Å². The molecule has 0 heterocycles. The van der Waals surface area contributed by atoms with Crippen molar-refractivity contribution in [1.82, 2.24) is 0 Å². The Balaban J connectivity index is 0.000000202. The molecule has 2 aliphatic rings. The lowest BCUT2D eigenvalue weighted by Gasteiger charge is -2.27. The van der Waals surface area contributed by atoms with E-state index in [1.807, 2.05) is 0 Å². The Bertz CT molecular complexity index is 643. The number of nitrogens with zero attached hydrogens (tertiary/aromatic N) is 1. The van der Waals surface area contributed by atoms with Crippen LogP contribution in [0.3, 0.4) is 0 Å². The summed E-state index contributed by atoms with van der Waals surface area (Å²) in [6, 6.07) is 7.30. The topological polar surface area (TPSA) is 121 Å². The average molecular weight is 389 g/mol. The number of hydrogen-bond donors (Lipinski definition) is 3. The number of carboxylic acid groups (broad SMARTS) is 1. The molecule has 0 bridgehead atoms. The highest BCUT2D eigenvalue weighted by Gasteiger charge is 2.22. The van der Waals surface area contributed by atoms with Crippen molar-refractivity contribution in [3.63, 3.8) is 0 Å². The van der Waals surface area contributed by atoms with Crippen molar-refractivity contribution in [2.24, 2.45) is 5.92 Å². The van der Waals surface area contributed by atoms with Crippen LogP contribution in [0.15, 0.2) is 18.2 Å². The number of carbonyl (C=O) groups excluding carboxylic acids is 1. The summed E-state index contributed by atoms with van der Waals surface area (Å²) in [6.45, 7) is 0. The Morgan fingerprint density at radius 1 is 1.07 bits per heavy atom. The molecule has 1 unspecified atom stereocenters. The molecular weight excluding hydrogens is 356 g/mol. The van der Waals surface area contributed by atoms with Crippen molar-refractivity contribution in [2.45, 2.75) is 82.7 Å². The number of aromatic hydroxyl groups is 2. The summed E-state index contributed by atoms with van der Waals surface area (Å²) in [4.78, 5) is 10.4. The quantitative estimate of drug-likeness (QED) is 0.709. The molecule has 0 spiro atoms. The van der Waals surface area contributed by atoms with Crippen LogP contribution in [0.4, 0.5) is 0 Å². The lowest BCUT2D eigenvalue weighted by Crippen LogP contribution is -2.95. The van der Waals surface area contributed by atoms with Gasteiger partial charge in [0.1, 0.15) is 11.5 Å². The van der Waals surface area contributed by atoms with Crippen LogP contribution in [0.25, 0.3) is 0 Å². The van der Waals surface area contributed by atoms with Gasteiger partial charge in [-0.2, -0.15) is 5.26 Å². The first-order chi connectivity index (χ1) is 13.5.